The van der Waals surface area contributed by atoms with Crippen molar-refractivity contribution in [3.8, 4) is 5.75 Å². The van der Waals surface area contributed by atoms with Crippen molar-refractivity contribution in [1.29, 1.82) is 0 Å². The summed E-state index contributed by atoms with van der Waals surface area (Å²) in [6.07, 6.45) is -4.40. The lowest BCUT2D eigenvalue weighted by molar-refractivity contribution is -0.137. The maximum absolute atomic E-state index is 12.7. The zero-order valence-corrected chi connectivity index (χ0v) is 13.9. The SMILES string of the molecule is COc1cccc(CN(C)C(=O)NCc2cccc(C(F)(F)F)c2)c1. The summed E-state index contributed by atoms with van der Waals surface area (Å²) in [6, 6.07) is 11.8. The zero-order valence-electron chi connectivity index (χ0n) is 13.9. The highest BCUT2D eigenvalue weighted by Crippen LogP contribution is 2.29. The van der Waals surface area contributed by atoms with E-state index in [1.165, 1.54) is 17.0 Å². The van der Waals surface area contributed by atoms with Crippen molar-refractivity contribution in [2.45, 2.75) is 19.3 Å². The Bertz CT molecular complexity index is 732. The molecule has 25 heavy (non-hydrogen) atoms. The minimum absolute atomic E-state index is 0.0191. The number of amides is 2. The first-order chi connectivity index (χ1) is 11.8. The number of ether oxygens (including phenoxy) is 1. The zero-order chi connectivity index (χ0) is 18.4. The van der Waals surface area contributed by atoms with Gasteiger partial charge in [-0.3, -0.25) is 0 Å². The Morgan fingerprint density at radius 2 is 1.80 bits per heavy atom. The molecule has 2 amide bonds. The van der Waals surface area contributed by atoms with Crippen molar-refractivity contribution in [3.05, 3.63) is 65.2 Å². The molecular weight excluding hydrogens is 333 g/mol. The highest BCUT2D eigenvalue weighted by Gasteiger charge is 2.30. The fraction of sp³-hybridized carbons (Fsp3) is 0.278. The molecule has 0 aliphatic rings. The number of hydrogen-bond donors (Lipinski definition) is 1. The largest absolute Gasteiger partial charge is 0.497 e. The normalized spacial score (nSPS) is 11.1. The van der Waals surface area contributed by atoms with Crippen molar-refractivity contribution in [2.24, 2.45) is 0 Å². The molecule has 7 heteroatoms. The third-order valence-corrected chi connectivity index (χ3v) is 3.60. The maximum Gasteiger partial charge on any atom is 0.416 e. The summed E-state index contributed by atoms with van der Waals surface area (Å²) in [5.41, 5.74) is 0.540. The van der Waals surface area contributed by atoms with Gasteiger partial charge >= 0.3 is 12.2 Å². The average molecular weight is 352 g/mol. The molecule has 0 radical (unpaired) electrons. The molecule has 2 rings (SSSR count). The summed E-state index contributed by atoms with van der Waals surface area (Å²) in [7, 11) is 3.17. The standard InChI is InChI=1S/C18H19F3N2O2/c1-23(12-14-6-4-8-16(10-14)25-2)17(24)22-11-13-5-3-7-15(9-13)18(19,20)21/h3-10H,11-12H2,1-2H3,(H,22,24). The minimum atomic E-state index is -4.40. The molecule has 0 aliphatic heterocycles. The summed E-state index contributed by atoms with van der Waals surface area (Å²) >= 11 is 0. The monoisotopic (exact) mass is 352 g/mol. The van der Waals surface area contributed by atoms with E-state index in [2.05, 4.69) is 5.32 Å². The molecule has 1 N–H and O–H groups in total. The van der Waals surface area contributed by atoms with Gasteiger partial charge in [0.2, 0.25) is 0 Å². The van der Waals surface area contributed by atoms with Gasteiger partial charge < -0.3 is 15.0 Å². The van der Waals surface area contributed by atoms with E-state index in [-0.39, 0.29) is 12.6 Å². The molecular formula is C18H19F3N2O2. The Kier molecular flexibility index (Phi) is 5.90. The molecule has 0 unspecified atom stereocenters. The van der Waals surface area contributed by atoms with E-state index in [1.54, 1.807) is 20.2 Å². The van der Waals surface area contributed by atoms with E-state index >= 15 is 0 Å². The summed E-state index contributed by atoms with van der Waals surface area (Å²) in [5, 5.41) is 2.61. The molecule has 0 atom stereocenters. The Balaban J connectivity index is 1.93. The van der Waals surface area contributed by atoms with Gasteiger partial charge in [-0.25, -0.2) is 4.79 Å². The Labute approximate surface area is 144 Å². The van der Waals surface area contributed by atoms with Crippen LogP contribution in [0.5, 0.6) is 5.75 Å². The topological polar surface area (TPSA) is 41.6 Å². The third-order valence-electron chi connectivity index (χ3n) is 3.60. The van der Waals surface area contributed by atoms with Crippen molar-refractivity contribution >= 4 is 6.03 Å². The number of nitrogens with one attached hydrogen (secondary N) is 1. The van der Waals surface area contributed by atoms with Crippen molar-refractivity contribution in [2.75, 3.05) is 14.2 Å². The van der Waals surface area contributed by atoms with Crippen LogP contribution in [-0.2, 0) is 19.3 Å². The fourth-order valence-corrected chi connectivity index (χ4v) is 2.29. The number of alkyl halides is 3. The van der Waals surface area contributed by atoms with Gasteiger partial charge in [0, 0.05) is 20.1 Å². The van der Waals surface area contributed by atoms with Crippen LogP contribution in [0.25, 0.3) is 0 Å². The van der Waals surface area contributed by atoms with Crippen molar-refractivity contribution < 1.29 is 22.7 Å². The number of rotatable bonds is 5. The van der Waals surface area contributed by atoms with Gasteiger partial charge in [-0.2, -0.15) is 13.2 Å². The highest BCUT2D eigenvalue weighted by atomic mass is 19.4. The second-order valence-electron chi connectivity index (χ2n) is 5.56. The first kappa shape index (κ1) is 18.6. The summed E-state index contributed by atoms with van der Waals surface area (Å²) in [6.45, 7) is 0.372. The number of methoxy groups -OCH3 is 1. The van der Waals surface area contributed by atoms with Crippen LogP contribution in [0.3, 0.4) is 0 Å². The second kappa shape index (κ2) is 7.92. The van der Waals surface area contributed by atoms with Gasteiger partial charge in [0.15, 0.2) is 0 Å². The number of nitrogens with zero attached hydrogens (tertiary/aromatic N) is 1. The maximum atomic E-state index is 12.7. The number of carbonyl (C=O) groups is 1. The van der Waals surface area contributed by atoms with Gasteiger partial charge in [-0.1, -0.05) is 24.3 Å². The molecule has 0 bridgehead atoms. The number of halogens is 3. The van der Waals surface area contributed by atoms with Crippen molar-refractivity contribution in [3.63, 3.8) is 0 Å². The van der Waals surface area contributed by atoms with E-state index in [9.17, 15) is 18.0 Å². The number of carbonyl (C=O) groups excluding carboxylic acids is 1. The van der Waals surface area contributed by atoms with Gasteiger partial charge in [-0.15, -0.1) is 0 Å². The Morgan fingerprint density at radius 3 is 2.48 bits per heavy atom. The lowest BCUT2D eigenvalue weighted by atomic mass is 10.1. The van der Waals surface area contributed by atoms with Crippen LogP contribution < -0.4 is 10.1 Å². The molecule has 2 aromatic rings. The minimum Gasteiger partial charge on any atom is -0.497 e. The third kappa shape index (κ3) is 5.41. The summed E-state index contributed by atoms with van der Waals surface area (Å²) < 4.78 is 43.2. The first-order valence-corrected chi connectivity index (χ1v) is 7.57. The van der Waals surface area contributed by atoms with E-state index < -0.39 is 11.7 Å². The van der Waals surface area contributed by atoms with Gasteiger partial charge in [-0.05, 0) is 35.4 Å². The smallest absolute Gasteiger partial charge is 0.416 e. The van der Waals surface area contributed by atoms with Crippen LogP contribution >= 0.6 is 0 Å². The van der Waals surface area contributed by atoms with Crippen LogP contribution in [0, 0.1) is 0 Å². The molecule has 0 heterocycles. The number of urea groups is 1. The van der Waals surface area contributed by atoms with Gasteiger partial charge in [0.05, 0.1) is 12.7 Å². The molecule has 0 saturated carbocycles. The van der Waals surface area contributed by atoms with Crippen LogP contribution in [0.2, 0.25) is 0 Å². The van der Waals surface area contributed by atoms with E-state index in [0.29, 0.717) is 17.9 Å². The second-order valence-corrected chi connectivity index (χ2v) is 5.56. The average Bonchev–Trinajstić information content (AvgIpc) is 2.59. The molecule has 0 saturated heterocycles. The number of benzene rings is 2. The predicted molar refractivity (Wildman–Crippen MR) is 88.1 cm³/mol. The molecule has 134 valence electrons. The first-order valence-electron chi connectivity index (χ1n) is 7.57. The predicted octanol–water partition coefficient (Wildman–Crippen LogP) is 4.06. The highest BCUT2D eigenvalue weighted by molar-refractivity contribution is 5.73. The van der Waals surface area contributed by atoms with Gasteiger partial charge in [0.1, 0.15) is 5.75 Å². The van der Waals surface area contributed by atoms with Crippen LogP contribution in [-0.4, -0.2) is 25.1 Å². The molecule has 0 aliphatic carbocycles. The van der Waals surface area contributed by atoms with Crippen LogP contribution in [0.1, 0.15) is 16.7 Å². The quantitative estimate of drug-likeness (QED) is 0.882. The van der Waals surface area contributed by atoms with Crippen LogP contribution in [0.15, 0.2) is 48.5 Å². The van der Waals surface area contributed by atoms with E-state index in [0.717, 1.165) is 17.7 Å². The van der Waals surface area contributed by atoms with Gasteiger partial charge in [0.25, 0.3) is 0 Å². The summed E-state index contributed by atoms with van der Waals surface area (Å²) in [5.74, 6) is 0.690. The molecule has 0 aromatic heterocycles. The van der Waals surface area contributed by atoms with Crippen LogP contribution in [0.4, 0.5) is 18.0 Å². The number of hydrogen-bond acceptors (Lipinski definition) is 2. The Morgan fingerprint density at radius 1 is 1.12 bits per heavy atom. The molecule has 0 fully saturated rings. The fourth-order valence-electron chi connectivity index (χ4n) is 2.29. The molecule has 2 aromatic carbocycles. The van der Waals surface area contributed by atoms with E-state index in [4.69, 9.17) is 4.74 Å². The lowest BCUT2D eigenvalue weighted by Gasteiger charge is -2.18. The molecule has 0 spiro atoms. The lowest BCUT2D eigenvalue weighted by Crippen LogP contribution is -2.36. The van der Waals surface area contributed by atoms with E-state index in [1.807, 2.05) is 18.2 Å². The van der Waals surface area contributed by atoms with Crippen molar-refractivity contribution in [1.82, 2.24) is 10.2 Å². The Hall–Kier alpha value is -2.70. The molecule has 4 nitrogen and oxygen atoms in total. The summed E-state index contributed by atoms with van der Waals surface area (Å²) in [4.78, 5) is 13.6.